The molecule has 8 nitrogen and oxygen atoms in total. The van der Waals surface area contributed by atoms with Gasteiger partial charge in [-0.25, -0.2) is 20.0 Å². The van der Waals surface area contributed by atoms with Gasteiger partial charge in [-0.3, -0.25) is 20.4 Å². The fourth-order valence-electron chi connectivity index (χ4n) is 4.57. The topological polar surface area (TPSA) is 94.8 Å². The molecule has 2 heterocycles. The highest BCUT2D eigenvalue weighted by Crippen LogP contribution is 2.37. The Kier molecular flexibility index (Phi) is 6.15. The van der Waals surface area contributed by atoms with Crippen LogP contribution in [-0.2, 0) is 9.59 Å². The maximum Gasteiger partial charge on any atom is 0.276 e. The maximum atomic E-state index is 13.3. The highest BCUT2D eigenvalue weighted by Gasteiger charge is 2.48. The highest BCUT2D eigenvalue weighted by atomic mass is 16.2. The van der Waals surface area contributed by atoms with Gasteiger partial charge in [-0.15, -0.1) is 0 Å². The molecule has 2 amide bonds. The third kappa shape index (κ3) is 4.18. The fraction of sp³-hybridized carbons (Fsp3) is 0.103. The number of hydrogen-bond donors (Lipinski definition) is 2. The van der Waals surface area contributed by atoms with Crippen LogP contribution in [0.5, 0.6) is 0 Å². The predicted octanol–water partition coefficient (Wildman–Crippen LogP) is 4.18. The van der Waals surface area contributed by atoms with Crippen LogP contribution in [0.1, 0.15) is 22.9 Å². The number of hydrogen-bond acceptors (Lipinski definition) is 4. The van der Waals surface area contributed by atoms with Gasteiger partial charge in [0.2, 0.25) is 0 Å². The van der Waals surface area contributed by atoms with E-state index in [4.69, 9.17) is 10.8 Å². The number of carbonyl (C=O) groups is 2. The molecule has 0 saturated carbocycles. The zero-order valence-corrected chi connectivity index (χ0v) is 20.5. The Morgan fingerprint density at radius 1 is 0.595 bits per heavy atom. The molecule has 37 heavy (non-hydrogen) atoms. The lowest BCUT2D eigenvalue weighted by Crippen LogP contribution is -2.52. The van der Waals surface area contributed by atoms with Crippen molar-refractivity contribution in [3.8, 4) is 0 Å². The number of hydrazine groups is 2. The van der Waals surface area contributed by atoms with E-state index in [2.05, 4.69) is 0 Å². The van der Waals surface area contributed by atoms with Crippen molar-refractivity contribution in [3.63, 3.8) is 0 Å². The van der Waals surface area contributed by atoms with Crippen LogP contribution >= 0.6 is 0 Å². The van der Waals surface area contributed by atoms with Gasteiger partial charge < -0.3 is 0 Å². The summed E-state index contributed by atoms with van der Waals surface area (Å²) in [6, 6.07) is 28.0. The molecule has 0 radical (unpaired) electrons. The van der Waals surface area contributed by atoms with E-state index in [0.29, 0.717) is 0 Å². The van der Waals surface area contributed by atoms with Crippen LogP contribution in [0.15, 0.2) is 102 Å². The zero-order chi connectivity index (χ0) is 26.1. The molecular weight excluding hydrogens is 464 g/mol. The van der Waals surface area contributed by atoms with Crippen LogP contribution in [0.3, 0.4) is 0 Å². The first kappa shape index (κ1) is 23.7. The predicted molar refractivity (Wildman–Crippen MR) is 143 cm³/mol. The van der Waals surface area contributed by atoms with Crippen molar-refractivity contribution in [3.05, 3.63) is 119 Å². The Labute approximate surface area is 215 Å². The quantitative estimate of drug-likeness (QED) is 0.525. The van der Waals surface area contributed by atoms with Gasteiger partial charge in [-0.05, 0) is 28.8 Å². The first-order valence-corrected chi connectivity index (χ1v) is 11.8. The second-order valence-corrected chi connectivity index (χ2v) is 8.77. The minimum absolute atomic E-state index is 0.0145. The molecule has 3 aromatic carbocycles. The molecule has 184 valence electrons. The normalized spacial score (nSPS) is 19.1. The van der Waals surface area contributed by atoms with Crippen LogP contribution < -0.4 is 0 Å². The molecule has 0 bridgehead atoms. The van der Waals surface area contributed by atoms with E-state index in [1.807, 2.05) is 91.0 Å². The first-order valence-electron chi connectivity index (χ1n) is 11.8. The molecule has 3 aromatic rings. The standard InChI is InChI=1S/C29H26N6O2/c1-32-28(36)23(18-20-12-6-3-7-13-20)25(30)34(32)27(22-16-10-5-11-17-22)35-26(31)24(29(37)33(35)2)19-21-14-8-4-9-15-21/h3-19,27,30-31H,1-2H3. The summed E-state index contributed by atoms with van der Waals surface area (Å²) in [6.45, 7) is 0. The molecular formula is C29H26N6O2. The number of nitrogens with one attached hydrogen (secondary N) is 2. The van der Waals surface area contributed by atoms with Gasteiger partial charge in [0.05, 0.1) is 11.1 Å². The maximum absolute atomic E-state index is 13.3. The van der Waals surface area contributed by atoms with Crippen molar-refractivity contribution in [2.75, 3.05) is 14.1 Å². The lowest BCUT2D eigenvalue weighted by atomic mass is 10.1. The zero-order valence-electron chi connectivity index (χ0n) is 20.5. The van der Waals surface area contributed by atoms with E-state index in [1.54, 1.807) is 26.2 Å². The van der Waals surface area contributed by atoms with Crippen LogP contribution in [0.2, 0.25) is 0 Å². The summed E-state index contributed by atoms with van der Waals surface area (Å²) in [4.78, 5) is 26.7. The monoisotopic (exact) mass is 490 g/mol. The summed E-state index contributed by atoms with van der Waals surface area (Å²) in [5.74, 6) is -0.706. The molecule has 8 heteroatoms. The third-order valence-electron chi connectivity index (χ3n) is 6.45. The van der Waals surface area contributed by atoms with Gasteiger partial charge >= 0.3 is 0 Å². The summed E-state index contributed by atoms with van der Waals surface area (Å²) >= 11 is 0. The molecule has 2 aliphatic heterocycles. The lowest BCUT2D eigenvalue weighted by molar-refractivity contribution is -0.148. The molecule has 0 atom stereocenters. The molecule has 0 spiro atoms. The second-order valence-electron chi connectivity index (χ2n) is 8.77. The summed E-state index contributed by atoms with van der Waals surface area (Å²) in [6.07, 6.45) is 2.55. The van der Waals surface area contributed by atoms with Crippen molar-refractivity contribution in [2.24, 2.45) is 0 Å². The number of likely N-dealkylation sites (N-methyl/N-ethyl adjacent to an activating group) is 2. The molecule has 2 fully saturated rings. The van der Waals surface area contributed by atoms with E-state index >= 15 is 0 Å². The molecule has 0 unspecified atom stereocenters. The van der Waals surface area contributed by atoms with E-state index in [1.165, 1.54) is 20.0 Å². The Morgan fingerprint density at radius 2 is 0.946 bits per heavy atom. The average molecular weight is 491 g/mol. The van der Waals surface area contributed by atoms with Gasteiger partial charge in [-0.2, -0.15) is 0 Å². The van der Waals surface area contributed by atoms with Crippen LogP contribution in [-0.4, -0.2) is 57.6 Å². The van der Waals surface area contributed by atoms with Crippen molar-refractivity contribution in [2.45, 2.75) is 6.17 Å². The highest BCUT2D eigenvalue weighted by molar-refractivity contribution is 6.28. The number of nitrogens with zero attached hydrogens (tertiary/aromatic N) is 4. The SMILES string of the molecule is CN1C(=O)C(=Cc2ccccc2)C(=N)N1C(c1ccccc1)N1C(=N)C(=Cc2ccccc2)C(=O)N1C. The van der Waals surface area contributed by atoms with Crippen molar-refractivity contribution < 1.29 is 9.59 Å². The van der Waals surface area contributed by atoms with Crippen molar-refractivity contribution in [1.29, 1.82) is 10.8 Å². The van der Waals surface area contributed by atoms with Crippen LogP contribution in [0.25, 0.3) is 12.2 Å². The second kappa shape index (κ2) is 9.58. The average Bonchev–Trinajstić information content (AvgIpc) is 3.26. The van der Waals surface area contributed by atoms with Crippen LogP contribution in [0.4, 0.5) is 0 Å². The fourth-order valence-corrected chi connectivity index (χ4v) is 4.57. The first-order chi connectivity index (χ1) is 17.9. The molecule has 0 aliphatic carbocycles. The number of benzene rings is 3. The minimum atomic E-state index is -0.826. The number of amidine groups is 2. The number of carbonyl (C=O) groups excluding carboxylic acids is 2. The molecule has 0 aromatic heterocycles. The van der Waals surface area contributed by atoms with Gasteiger partial charge in [0.15, 0.2) is 17.8 Å². The number of amides is 2. The molecule has 5 rings (SSSR count). The Balaban J connectivity index is 1.60. The summed E-state index contributed by atoms with van der Waals surface area (Å²) in [5.41, 5.74) is 2.79. The lowest BCUT2D eigenvalue weighted by Gasteiger charge is -2.41. The van der Waals surface area contributed by atoms with Crippen molar-refractivity contribution in [1.82, 2.24) is 20.0 Å². The summed E-state index contributed by atoms with van der Waals surface area (Å²) in [5, 5.41) is 23.8. The van der Waals surface area contributed by atoms with Gasteiger partial charge in [0.25, 0.3) is 11.8 Å². The molecule has 2 N–H and O–H groups in total. The Hall–Kier alpha value is -4.98. The van der Waals surface area contributed by atoms with E-state index < -0.39 is 6.17 Å². The summed E-state index contributed by atoms with van der Waals surface area (Å²) < 4.78 is 0. The van der Waals surface area contributed by atoms with Crippen molar-refractivity contribution >= 4 is 35.6 Å². The third-order valence-corrected chi connectivity index (χ3v) is 6.45. The van der Waals surface area contributed by atoms with E-state index in [9.17, 15) is 9.59 Å². The number of rotatable bonds is 5. The smallest absolute Gasteiger partial charge is 0.276 e. The molecule has 2 saturated heterocycles. The summed E-state index contributed by atoms with van der Waals surface area (Å²) in [7, 11) is 3.20. The van der Waals surface area contributed by atoms with Gasteiger partial charge in [0.1, 0.15) is 0 Å². The Bertz CT molecular complexity index is 1340. The van der Waals surface area contributed by atoms with Crippen LogP contribution in [0, 0.1) is 10.8 Å². The molecule has 2 aliphatic rings. The van der Waals surface area contributed by atoms with Gasteiger partial charge in [0, 0.05) is 14.1 Å². The minimum Gasteiger partial charge on any atom is -0.282 e. The largest absolute Gasteiger partial charge is 0.282 e. The van der Waals surface area contributed by atoms with E-state index in [0.717, 1.165) is 16.7 Å². The van der Waals surface area contributed by atoms with Gasteiger partial charge in [-0.1, -0.05) is 91.0 Å². The van der Waals surface area contributed by atoms with E-state index in [-0.39, 0.29) is 34.6 Å². The Morgan fingerprint density at radius 3 is 1.32 bits per heavy atom.